The molecule has 3 aromatic carbocycles. The molecule has 0 spiro atoms. The van der Waals surface area contributed by atoms with Crippen molar-refractivity contribution >= 4 is 10.8 Å². The third-order valence-corrected chi connectivity index (χ3v) is 6.11. The molecule has 1 heterocycles. The minimum absolute atomic E-state index is 0.124. The summed E-state index contributed by atoms with van der Waals surface area (Å²) >= 11 is 0. The summed E-state index contributed by atoms with van der Waals surface area (Å²) in [7, 11) is 8.00. The Hall–Kier alpha value is -4.01. The van der Waals surface area contributed by atoms with Gasteiger partial charge in [0, 0.05) is 19.7 Å². The maximum Gasteiger partial charge on any atom is 0.258 e. The van der Waals surface area contributed by atoms with E-state index in [-0.39, 0.29) is 19.0 Å². The first kappa shape index (κ1) is 26.1. The predicted octanol–water partition coefficient (Wildman–Crippen LogP) is 4.93. The van der Waals surface area contributed by atoms with Gasteiger partial charge < -0.3 is 33.0 Å². The molecule has 4 rings (SSSR count). The molecule has 0 unspecified atom stereocenters. The quantitative estimate of drug-likeness (QED) is 0.211. The van der Waals surface area contributed by atoms with Crippen molar-refractivity contribution in [3.8, 4) is 34.3 Å². The van der Waals surface area contributed by atoms with Crippen LogP contribution >= 0.6 is 0 Å². The van der Waals surface area contributed by atoms with Crippen LogP contribution < -0.4 is 24.5 Å². The average Bonchev–Trinajstić information content (AvgIpc) is 2.93. The summed E-state index contributed by atoms with van der Waals surface area (Å²) in [5, 5.41) is 1.25. The smallest absolute Gasteiger partial charge is 0.258 e. The van der Waals surface area contributed by atoms with Crippen LogP contribution in [0.1, 0.15) is 11.1 Å². The zero-order valence-electron chi connectivity index (χ0n) is 21.7. The summed E-state index contributed by atoms with van der Waals surface area (Å²) in [6, 6.07) is 19.1. The number of benzene rings is 3. The van der Waals surface area contributed by atoms with Crippen LogP contribution in [0.25, 0.3) is 22.0 Å². The first-order valence-electron chi connectivity index (χ1n) is 11.7. The van der Waals surface area contributed by atoms with Gasteiger partial charge in [-0.25, -0.2) is 0 Å². The van der Waals surface area contributed by atoms with E-state index in [1.807, 2.05) is 48.5 Å². The molecule has 8 heteroatoms. The van der Waals surface area contributed by atoms with Crippen molar-refractivity contribution in [3.63, 3.8) is 0 Å². The Balaban J connectivity index is 1.85. The Morgan fingerprint density at radius 1 is 0.757 bits per heavy atom. The molecule has 0 saturated heterocycles. The number of hydrogen-bond donors (Lipinski definition) is 0. The van der Waals surface area contributed by atoms with Gasteiger partial charge in [-0.15, -0.1) is 0 Å². The van der Waals surface area contributed by atoms with Gasteiger partial charge in [-0.3, -0.25) is 4.79 Å². The third kappa shape index (κ3) is 5.55. The number of rotatable bonds is 11. The Morgan fingerprint density at radius 2 is 1.43 bits per heavy atom. The molecule has 1 aromatic heterocycles. The molecule has 0 aliphatic rings. The SMILES string of the molecule is COCOCc1cc(OCc2ccccc2)c(OC)cc1-c1cc2cc(OC)c(OC)cc2c(=O)n1C. The fourth-order valence-corrected chi connectivity index (χ4v) is 4.19. The van der Waals surface area contributed by atoms with E-state index in [2.05, 4.69) is 0 Å². The summed E-state index contributed by atoms with van der Waals surface area (Å²) in [6.07, 6.45) is 0. The van der Waals surface area contributed by atoms with E-state index in [0.29, 0.717) is 40.7 Å². The van der Waals surface area contributed by atoms with Crippen molar-refractivity contribution < 1.29 is 28.4 Å². The molecule has 8 nitrogen and oxygen atoms in total. The minimum atomic E-state index is -0.166. The Kier molecular flexibility index (Phi) is 8.32. The van der Waals surface area contributed by atoms with E-state index < -0.39 is 0 Å². The molecule has 0 aliphatic carbocycles. The van der Waals surface area contributed by atoms with Gasteiger partial charge >= 0.3 is 0 Å². The number of nitrogens with zero attached hydrogens (tertiary/aromatic N) is 1. The molecule has 0 amide bonds. The average molecular weight is 506 g/mol. The Morgan fingerprint density at radius 3 is 2.11 bits per heavy atom. The van der Waals surface area contributed by atoms with Crippen molar-refractivity contribution in [2.75, 3.05) is 35.2 Å². The number of methoxy groups -OCH3 is 4. The lowest BCUT2D eigenvalue weighted by atomic mass is 10.0. The number of hydrogen-bond acceptors (Lipinski definition) is 7. The number of pyridine rings is 1. The van der Waals surface area contributed by atoms with Crippen LogP contribution in [0.2, 0.25) is 0 Å². The number of aromatic nitrogens is 1. The molecule has 0 saturated carbocycles. The molecule has 0 N–H and O–H groups in total. The van der Waals surface area contributed by atoms with E-state index in [1.165, 1.54) is 0 Å². The van der Waals surface area contributed by atoms with Crippen LogP contribution in [-0.2, 0) is 29.7 Å². The van der Waals surface area contributed by atoms with Crippen molar-refractivity contribution in [2.45, 2.75) is 13.2 Å². The van der Waals surface area contributed by atoms with Gasteiger partial charge in [-0.2, -0.15) is 0 Å². The van der Waals surface area contributed by atoms with E-state index >= 15 is 0 Å². The van der Waals surface area contributed by atoms with Crippen molar-refractivity contribution in [1.82, 2.24) is 4.57 Å². The highest BCUT2D eigenvalue weighted by molar-refractivity contribution is 5.89. The standard InChI is InChI=1S/C29H31NO7/c1-30-24(11-20-12-25(33-3)26(34-4)15-23(20)29(30)31)22-14-27(35-5)28(13-21(22)17-36-18-32-2)37-16-19-9-7-6-8-10-19/h6-15H,16-18H2,1-5H3. The Bertz CT molecular complexity index is 1430. The van der Waals surface area contributed by atoms with Gasteiger partial charge in [0.05, 0.1) is 39.0 Å². The number of fused-ring (bicyclic) bond motifs is 1. The van der Waals surface area contributed by atoms with Gasteiger partial charge in [-0.1, -0.05) is 30.3 Å². The molecule has 194 valence electrons. The third-order valence-electron chi connectivity index (χ3n) is 6.11. The lowest BCUT2D eigenvalue weighted by Gasteiger charge is -2.19. The zero-order valence-corrected chi connectivity index (χ0v) is 21.7. The highest BCUT2D eigenvalue weighted by atomic mass is 16.7. The zero-order chi connectivity index (χ0) is 26.4. The van der Waals surface area contributed by atoms with Gasteiger partial charge in [0.15, 0.2) is 23.0 Å². The molecular weight excluding hydrogens is 474 g/mol. The summed E-state index contributed by atoms with van der Waals surface area (Å²) in [5.74, 6) is 2.15. The first-order valence-corrected chi connectivity index (χ1v) is 11.7. The molecule has 0 aliphatic heterocycles. The summed E-state index contributed by atoms with van der Waals surface area (Å²) in [5.41, 5.74) is 3.15. The van der Waals surface area contributed by atoms with Crippen molar-refractivity contribution in [1.29, 1.82) is 0 Å². The molecular formula is C29H31NO7. The van der Waals surface area contributed by atoms with Crippen LogP contribution in [0, 0.1) is 0 Å². The van der Waals surface area contributed by atoms with E-state index in [9.17, 15) is 4.79 Å². The largest absolute Gasteiger partial charge is 0.493 e. The second kappa shape index (κ2) is 11.8. The van der Waals surface area contributed by atoms with Crippen LogP contribution in [0.3, 0.4) is 0 Å². The lowest BCUT2D eigenvalue weighted by molar-refractivity contribution is -0.0389. The van der Waals surface area contributed by atoms with Gasteiger partial charge in [0.25, 0.3) is 5.56 Å². The fraction of sp³-hybridized carbons (Fsp3) is 0.276. The minimum Gasteiger partial charge on any atom is -0.493 e. The summed E-state index contributed by atoms with van der Waals surface area (Å²) in [6.45, 7) is 0.747. The van der Waals surface area contributed by atoms with Gasteiger partial charge in [0.1, 0.15) is 13.4 Å². The van der Waals surface area contributed by atoms with Gasteiger partial charge in [-0.05, 0) is 46.8 Å². The Labute approximate surface area is 215 Å². The highest BCUT2D eigenvalue weighted by Gasteiger charge is 2.19. The van der Waals surface area contributed by atoms with Crippen LogP contribution in [-0.4, -0.2) is 39.8 Å². The van der Waals surface area contributed by atoms with E-state index in [1.54, 1.807) is 52.2 Å². The first-order chi connectivity index (χ1) is 18.0. The second-order valence-corrected chi connectivity index (χ2v) is 8.38. The van der Waals surface area contributed by atoms with Crippen LogP contribution in [0.4, 0.5) is 0 Å². The van der Waals surface area contributed by atoms with E-state index in [0.717, 1.165) is 22.1 Å². The summed E-state index contributed by atoms with van der Waals surface area (Å²) in [4.78, 5) is 13.4. The van der Waals surface area contributed by atoms with Crippen LogP contribution in [0.5, 0.6) is 23.0 Å². The molecule has 0 bridgehead atoms. The number of ether oxygens (including phenoxy) is 6. The maximum absolute atomic E-state index is 13.4. The molecule has 37 heavy (non-hydrogen) atoms. The summed E-state index contributed by atoms with van der Waals surface area (Å²) < 4.78 is 35.0. The van der Waals surface area contributed by atoms with Crippen molar-refractivity contribution in [3.05, 3.63) is 82.1 Å². The predicted molar refractivity (Wildman–Crippen MR) is 142 cm³/mol. The highest BCUT2D eigenvalue weighted by Crippen LogP contribution is 2.38. The monoisotopic (exact) mass is 505 g/mol. The van der Waals surface area contributed by atoms with Crippen molar-refractivity contribution in [2.24, 2.45) is 7.05 Å². The molecule has 0 fully saturated rings. The molecule has 0 radical (unpaired) electrons. The lowest BCUT2D eigenvalue weighted by Crippen LogP contribution is -2.19. The normalized spacial score (nSPS) is 10.9. The van der Waals surface area contributed by atoms with Gasteiger partial charge in [0.2, 0.25) is 0 Å². The maximum atomic E-state index is 13.4. The molecule has 0 atom stereocenters. The molecule has 4 aromatic rings. The van der Waals surface area contributed by atoms with Crippen LogP contribution in [0.15, 0.2) is 65.5 Å². The second-order valence-electron chi connectivity index (χ2n) is 8.38. The van der Waals surface area contributed by atoms with E-state index in [4.69, 9.17) is 28.4 Å². The fourth-order valence-electron chi connectivity index (χ4n) is 4.19. The topological polar surface area (TPSA) is 77.4 Å².